The highest BCUT2D eigenvalue weighted by molar-refractivity contribution is 5.55. The molecule has 0 aliphatic heterocycles. The van der Waals surface area contributed by atoms with E-state index in [2.05, 4.69) is 4.74 Å². The standard InChI is InChI=1S/C11H15F2NO/c1-6(2)8-5-9(14)7(3)4-10(8)15-11(12)13/h4-6,11H,14H2,1-3H3. The SMILES string of the molecule is Cc1cc(OC(F)F)c(C(C)C)cc1N. The molecule has 0 amide bonds. The number of benzene rings is 1. The molecule has 15 heavy (non-hydrogen) atoms. The molecule has 0 fully saturated rings. The van der Waals surface area contributed by atoms with Gasteiger partial charge in [-0.15, -0.1) is 0 Å². The summed E-state index contributed by atoms with van der Waals surface area (Å²) >= 11 is 0. The molecule has 1 aromatic carbocycles. The van der Waals surface area contributed by atoms with E-state index in [1.54, 1.807) is 19.1 Å². The van der Waals surface area contributed by atoms with E-state index in [0.717, 1.165) is 5.56 Å². The fraction of sp³-hybridized carbons (Fsp3) is 0.455. The summed E-state index contributed by atoms with van der Waals surface area (Å²) in [5.41, 5.74) is 7.76. The molecule has 0 radical (unpaired) electrons. The summed E-state index contributed by atoms with van der Waals surface area (Å²) in [6.45, 7) is 2.77. The van der Waals surface area contributed by atoms with Crippen LogP contribution in [0.15, 0.2) is 12.1 Å². The van der Waals surface area contributed by atoms with Crippen LogP contribution in [0.5, 0.6) is 5.75 Å². The molecule has 0 aliphatic carbocycles. The van der Waals surface area contributed by atoms with Gasteiger partial charge in [-0.25, -0.2) is 0 Å². The van der Waals surface area contributed by atoms with Crippen molar-refractivity contribution in [3.8, 4) is 5.75 Å². The molecule has 0 saturated heterocycles. The lowest BCUT2D eigenvalue weighted by Crippen LogP contribution is -2.06. The van der Waals surface area contributed by atoms with Crippen LogP contribution >= 0.6 is 0 Å². The number of nitrogen functional groups attached to an aromatic ring is 1. The minimum Gasteiger partial charge on any atom is -0.435 e. The van der Waals surface area contributed by atoms with Gasteiger partial charge < -0.3 is 10.5 Å². The molecule has 1 aromatic rings. The number of halogens is 2. The second kappa shape index (κ2) is 4.47. The van der Waals surface area contributed by atoms with Gasteiger partial charge in [0.1, 0.15) is 5.75 Å². The van der Waals surface area contributed by atoms with Gasteiger partial charge in [0.25, 0.3) is 0 Å². The first-order valence-corrected chi connectivity index (χ1v) is 4.76. The molecular weight excluding hydrogens is 200 g/mol. The van der Waals surface area contributed by atoms with Crippen molar-refractivity contribution >= 4 is 5.69 Å². The van der Waals surface area contributed by atoms with Gasteiger partial charge >= 0.3 is 6.61 Å². The number of aryl methyl sites for hydroxylation is 1. The van der Waals surface area contributed by atoms with E-state index in [0.29, 0.717) is 11.3 Å². The average Bonchev–Trinajstić information content (AvgIpc) is 2.09. The van der Waals surface area contributed by atoms with Gasteiger partial charge in [0.15, 0.2) is 0 Å². The lowest BCUT2D eigenvalue weighted by Gasteiger charge is -2.15. The molecule has 0 atom stereocenters. The van der Waals surface area contributed by atoms with Crippen LogP contribution < -0.4 is 10.5 Å². The third-order valence-electron chi connectivity index (χ3n) is 2.24. The molecule has 4 heteroatoms. The van der Waals surface area contributed by atoms with Crippen molar-refractivity contribution < 1.29 is 13.5 Å². The lowest BCUT2D eigenvalue weighted by atomic mass is 9.99. The zero-order chi connectivity index (χ0) is 11.6. The predicted molar refractivity (Wildman–Crippen MR) is 56.3 cm³/mol. The minimum absolute atomic E-state index is 0.0987. The molecule has 0 saturated carbocycles. The Bertz CT molecular complexity index is 351. The van der Waals surface area contributed by atoms with E-state index in [-0.39, 0.29) is 11.7 Å². The second-order valence-corrected chi connectivity index (χ2v) is 3.78. The van der Waals surface area contributed by atoms with Crippen molar-refractivity contribution in [2.75, 3.05) is 5.73 Å². The molecular formula is C11H15F2NO. The van der Waals surface area contributed by atoms with Crippen LogP contribution in [0.4, 0.5) is 14.5 Å². The van der Waals surface area contributed by atoms with Crippen molar-refractivity contribution in [1.82, 2.24) is 0 Å². The van der Waals surface area contributed by atoms with Crippen molar-refractivity contribution in [3.05, 3.63) is 23.3 Å². The summed E-state index contributed by atoms with van der Waals surface area (Å²) in [6, 6.07) is 3.24. The van der Waals surface area contributed by atoms with E-state index in [9.17, 15) is 8.78 Å². The first-order valence-electron chi connectivity index (χ1n) is 4.76. The molecule has 0 bridgehead atoms. The van der Waals surface area contributed by atoms with Gasteiger partial charge in [-0.1, -0.05) is 13.8 Å². The summed E-state index contributed by atoms with van der Waals surface area (Å²) < 4.78 is 28.7. The van der Waals surface area contributed by atoms with E-state index < -0.39 is 6.61 Å². The molecule has 0 aliphatic rings. The Hall–Kier alpha value is -1.32. The summed E-state index contributed by atoms with van der Waals surface area (Å²) in [7, 11) is 0. The largest absolute Gasteiger partial charge is 0.435 e. The second-order valence-electron chi connectivity index (χ2n) is 3.78. The van der Waals surface area contributed by atoms with Crippen LogP contribution in [-0.4, -0.2) is 6.61 Å². The molecule has 0 spiro atoms. The zero-order valence-electron chi connectivity index (χ0n) is 9.05. The Morgan fingerprint density at radius 1 is 1.27 bits per heavy atom. The molecule has 2 nitrogen and oxygen atoms in total. The molecule has 84 valence electrons. The number of anilines is 1. The van der Waals surface area contributed by atoms with Gasteiger partial charge in [-0.2, -0.15) is 8.78 Å². The summed E-state index contributed by atoms with van der Waals surface area (Å²) in [6.07, 6.45) is 0. The van der Waals surface area contributed by atoms with E-state index in [1.165, 1.54) is 0 Å². The number of hydrogen-bond acceptors (Lipinski definition) is 2. The average molecular weight is 215 g/mol. The van der Waals surface area contributed by atoms with Crippen molar-refractivity contribution in [2.45, 2.75) is 33.3 Å². The van der Waals surface area contributed by atoms with Gasteiger partial charge in [-0.3, -0.25) is 0 Å². The van der Waals surface area contributed by atoms with Crippen LogP contribution in [0.2, 0.25) is 0 Å². The lowest BCUT2D eigenvalue weighted by molar-refractivity contribution is -0.0505. The Morgan fingerprint density at radius 2 is 1.87 bits per heavy atom. The molecule has 0 aromatic heterocycles. The normalized spacial score (nSPS) is 11.1. The highest BCUT2D eigenvalue weighted by Crippen LogP contribution is 2.31. The molecule has 0 unspecified atom stereocenters. The summed E-state index contributed by atoms with van der Waals surface area (Å²) in [5.74, 6) is 0.313. The van der Waals surface area contributed by atoms with Gasteiger partial charge in [0, 0.05) is 5.69 Å². The number of rotatable bonds is 3. The van der Waals surface area contributed by atoms with Crippen LogP contribution in [0.1, 0.15) is 30.9 Å². The molecule has 1 rings (SSSR count). The smallest absolute Gasteiger partial charge is 0.387 e. The Balaban J connectivity index is 3.16. The van der Waals surface area contributed by atoms with Crippen molar-refractivity contribution in [3.63, 3.8) is 0 Å². The third-order valence-corrected chi connectivity index (χ3v) is 2.24. The van der Waals surface area contributed by atoms with Gasteiger partial charge in [0.2, 0.25) is 0 Å². The first-order chi connectivity index (χ1) is 6.91. The first kappa shape index (κ1) is 11.8. The predicted octanol–water partition coefficient (Wildman–Crippen LogP) is 3.30. The minimum atomic E-state index is -2.80. The highest BCUT2D eigenvalue weighted by atomic mass is 19.3. The number of ether oxygens (including phenoxy) is 1. The Labute approximate surface area is 88.0 Å². The van der Waals surface area contributed by atoms with Crippen molar-refractivity contribution in [1.29, 1.82) is 0 Å². The van der Waals surface area contributed by atoms with E-state index >= 15 is 0 Å². The van der Waals surface area contributed by atoms with Gasteiger partial charge in [-0.05, 0) is 36.1 Å². The van der Waals surface area contributed by atoms with Crippen LogP contribution in [0.25, 0.3) is 0 Å². The van der Waals surface area contributed by atoms with Crippen LogP contribution in [0.3, 0.4) is 0 Å². The number of nitrogens with two attached hydrogens (primary N) is 1. The number of alkyl halides is 2. The van der Waals surface area contributed by atoms with Gasteiger partial charge in [0.05, 0.1) is 0 Å². The summed E-state index contributed by atoms with van der Waals surface area (Å²) in [4.78, 5) is 0. The van der Waals surface area contributed by atoms with E-state index in [1.807, 2.05) is 13.8 Å². The fourth-order valence-corrected chi connectivity index (χ4v) is 1.37. The quantitative estimate of drug-likeness (QED) is 0.785. The highest BCUT2D eigenvalue weighted by Gasteiger charge is 2.13. The maximum absolute atomic E-state index is 12.1. The third kappa shape index (κ3) is 2.81. The fourth-order valence-electron chi connectivity index (χ4n) is 1.37. The van der Waals surface area contributed by atoms with Crippen LogP contribution in [-0.2, 0) is 0 Å². The maximum Gasteiger partial charge on any atom is 0.387 e. The van der Waals surface area contributed by atoms with Crippen LogP contribution in [0, 0.1) is 6.92 Å². The van der Waals surface area contributed by atoms with Crippen molar-refractivity contribution in [2.24, 2.45) is 0 Å². The molecule has 2 N–H and O–H groups in total. The maximum atomic E-state index is 12.1. The number of hydrogen-bond donors (Lipinski definition) is 1. The monoisotopic (exact) mass is 215 g/mol. The zero-order valence-corrected chi connectivity index (χ0v) is 9.05. The Kier molecular flexibility index (Phi) is 3.50. The Morgan fingerprint density at radius 3 is 2.33 bits per heavy atom. The molecule has 0 heterocycles. The topological polar surface area (TPSA) is 35.2 Å². The van der Waals surface area contributed by atoms with E-state index in [4.69, 9.17) is 5.73 Å². The summed E-state index contributed by atoms with van der Waals surface area (Å²) in [5, 5.41) is 0.